The number of ether oxygens (including phenoxy) is 4. The molecule has 0 radical (unpaired) electrons. The van der Waals surface area contributed by atoms with Crippen LogP contribution in [-0.4, -0.2) is 74.0 Å². The molecule has 1 heterocycles. The van der Waals surface area contributed by atoms with E-state index in [2.05, 4.69) is 10.4 Å². The van der Waals surface area contributed by atoms with Gasteiger partial charge in [-0.05, 0) is 31.4 Å². The van der Waals surface area contributed by atoms with Gasteiger partial charge >= 0.3 is 25.7 Å². The minimum Gasteiger partial charge on any atom is -0.465 e. The first kappa shape index (κ1) is 33.2. The first-order valence-corrected chi connectivity index (χ1v) is 14.5. The normalized spacial score (nSPS) is 22.9. The zero-order valence-corrected chi connectivity index (χ0v) is 24.5. The van der Waals surface area contributed by atoms with Gasteiger partial charge in [-0.25, -0.2) is 4.57 Å². The van der Waals surface area contributed by atoms with Gasteiger partial charge in [-0.3, -0.25) is 23.7 Å². The number of carbonyl (C=O) groups is 4. The van der Waals surface area contributed by atoms with E-state index in [1.54, 1.807) is 37.3 Å². The topological polar surface area (TPSA) is 165 Å². The van der Waals surface area contributed by atoms with Crippen LogP contribution in [0.2, 0.25) is 0 Å². The Morgan fingerprint density at radius 3 is 2.20 bits per heavy atom. The SMILES string of the molecule is CCOC(=O)[C@H](CC(C)C)NP(=O)(OCC1OCC(NC(C)=O)C(OC(C)=O)[C@@H]1OC(C)=O)Oc1ccccc1. The monoisotopic (exact) mass is 586 g/mol. The Labute approximate surface area is 234 Å². The molecule has 1 amide bonds. The van der Waals surface area contributed by atoms with E-state index in [0.29, 0.717) is 0 Å². The van der Waals surface area contributed by atoms with E-state index in [1.165, 1.54) is 13.8 Å². The molecule has 0 aromatic heterocycles. The van der Waals surface area contributed by atoms with Crippen LogP contribution in [0, 0.1) is 5.92 Å². The molecule has 1 aliphatic rings. The smallest absolute Gasteiger partial charge is 0.459 e. The largest absolute Gasteiger partial charge is 0.465 e. The van der Waals surface area contributed by atoms with Crippen LogP contribution in [0.1, 0.15) is 48.0 Å². The molecule has 1 aromatic rings. The average molecular weight is 587 g/mol. The highest BCUT2D eigenvalue weighted by molar-refractivity contribution is 7.52. The lowest BCUT2D eigenvalue weighted by Gasteiger charge is -2.41. The molecule has 13 nitrogen and oxygen atoms in total. The second-order valence-corrected chi connectivity index (χ2v) is 11.3. The quantitative estimate of drug-likeness (QED) is 0.186. The van der Waals surface area contributed by atoms with Crippen molar-refractivity contribution in [1.29, 1.82) is 0 Å². The molecule has 0 bridgehead atoms. The van der Waals surface area contributed by atoms with E-state index in [0.717, 1.165) is 6.92 Å². The first-order chi connectivity index (χ1) is 18.8. The van der Waals surface area contributed by atoms with Crippen molar-refractivity contribution in [2.24, 2.45) is 5.92 Å². The van der Waals surface area contributed by atoms with Crippen molar-refractivity contribution in [2.45, 2.75) is 78.4 Å². The number of benzene rings is 1. The van der Waals surface area contributed by atoms with Crippen molar-refractivity contribution in [3.63, 3.8) is 0 Å². The van der Waals surface area contributed by atoms with E-state index in [9.17, 15) is 23.7 Å². The Bertz CT molecular complexity index is 1050. The summed E-state index contributed by atoms with van der Waals surface area (Å²) in [4.78, 5) is 48.2. The summed E-state index contributed by atoms with van der Waals surface area (Å²) in [6, 6.07) is 6.36. The number of amides is 1. The number of hydrogen-bond acceptors (Lipinski definition) is 11. The van der Waals surface area contributed by atoms with E-state index in [-0.39, 0.29) is 31.3 Å². The lowest BCUT2D eigenvalue weighted by Crippen LogP contribution is -2.62. The maximum atomic E-state index is 14.1. The summed E-state index contributed by atoms with van der Waals surface area (Å²) >= 11 is 0. The zero-order valence-electron chi connectivity index (χ0n) is 23.6. The Kier molecular flexibility index (Phi) is 13.0. The molecule has 1 saturated heterocycles. The molecule has 14 heteroatoms. The van der Waals surface area contributed by atoms with Gasteiger partial charge in [0.25, 0.3) is 0 Å². The number of nitrogens with one attached hydrogen (secondary N) is 2. The number of hydrogen-bond donors (Lipinski definition) is 2. The van der Waals surface area contributed by atoms with Gasteiger partial charge in [0.05, 0.1) is 25.9 Å². The van der Waals surface area contributed by atoms with Crippen LogP contribution in [0.25, 0.3) is 0 Å². The highest BCUT2D eigenvalue weighted by Gasteiger charge is 2.47. The lowest BCUT2D eigenvalue weighted by molar-refractivity contribution is -0.203. The van der Waals surface area contributed by atoms with Crippen LogP contribution in [0.5, 0.6) is 5.75 Å². The number of carbonyl (C=O) groups excluding carboxylic acids is 4. The Balaban J connectivity index is 2.36. The van der Waals surface area contributed by atoms with Gasteiger partial charge in [-0.15, -0.1) is 0 Å². The summed E-state index contributed by atoms with van der Waals surface area (Å²) in [5, 5.41) is 5.32. The molecule has 224 valence electrons. The van der Waals surface area contributed by atoms with Crippen molar-refractivity contribution >= 4 is 31.6 Å². The van der Waals surface area contributed by atoms with Gasteiger partial charge < -0.3 is 28.8 Å². The molecule has 1 fully saturated rings. The Morgan fingerprint density at radius 1 is 1.02 bits per heavy atom. The summed E-state index contributed by atoms with van der Waals surface area (Å²) in [5.41, 5.74) is 0. The van der Waals surface area contributed by atoms with Crippen LogP contribution in [0.15, 0.2) is 30.3 Å². The van der Waals surface area contributed by atoms with Crippen LogP contribution < -0.4 is 14.9 Å². The van der Waals surface area contributed by atoms with Crippen molar-refractivity contribution in [3.8, 4) is 5.75 Å². The average Bonchev–Trinajstić information content (AvgIpc) is 2.84. The molecular weight excluding hydrogens is 547 g/mol. The van der Waals surface area contributed by atoms with E-state index in [1.807, 2.05) is 13.8 Å². The second-order valence-electron chi connectivity index (χ2n) is 9.59. The third kappa shape index (κ3) is 10.9. The zero-order chi connectivity index (χ0) is 29.9. The predicted octanol–water partition coefficient (Wildman–Crippen LogP) is 2.52. The van der Waals surface area contributed by atoms with Gasteiger partial charge in [0.1, 0.15) is 17.9 Å². The van der Waals surface area contributed by atoms with E-state index < -0.39 is 68.6 Å². The molecule has 6 atom stereocenters. The van der Waals surface area contributed by atoms with Crippen LogP contribution in [0.3, 0.4) is 0 Å². The summed E-state index contributed by atoms with van der Waals surface area (Å²) in [6.07, 6.45) is -3.16. The van der Waals surface area contributed by atoms with Gasteiger partial charge in [0.15, 0.2) is 12.2 Å². The van der Waals surface area contributed by atoms with Crippen molar-refractivity contribution in [3.05, 3.63) is 30.3 Å². The van der Waals surface area contributed by atoms with Gasteiger partial charge in [-0.2, -0.15) is 5.09 Å². The van der Waals surface area contributed by atoms with Crippen LogP contribution in [-0.2, 0) is 47.2 Å². The standard InChI is InChI=1S/C26H39N2O11P/c1-7-34-26(32)21(13-16(2)3)28-40(33,39-20-11-9-8-10-12-20)36-15-23-25(38-19(6)31)24(37-18(5)30)22(14-35-23)27-17(4)29/h8-12,16,21-25H,7,13-15H2,1-6H3,(H,27,29)(H,28,33)/t21-,22?,23?,24?,25+,40?/m0/s1. The van der Waals surface area contributed by atoms with Crippen molar-refractivity contribution < 1.29 is 51.7 Å². The lowest BCUT2D eigenvalue weighted by atomic mass is 9.97. The fourth-order valence-corrected chi connectivity index (χ4v) is 5.56. The third-order valence-electron chi connectivity index (χ3n) is 5.54. The maximum absolute atomic E-state index is 14.1. The van der Waals surface area contributed by atoms with E-state index >= 15 is 0 Å². The van der Waals surface area contributed by atoms with Crippen molar-refractivity contribution in [1.82, 2.24) is 10.4 Å². The summed E-state index contributed by atoms with van der Waals surface area (Å²) in [5.74, 6) is -2.20. The fraction of sp³-hybridized carbons (Fsp3) is 0.615. The van der Waals surface area contributed by atoms with Crippen LogP contribution in [0.4, 0.5) is 0 Å². The summed E-state index contributed by atoms with van der Waals surface area (Å²) in [7, 11) is -4.29. The molecule has 2 rings (SSSR count). The van der Waals surface area contributed by atoms with Gasteiger partial charge in [0, 0.05) is 20.8 Å². The van der Waals surface area contributed by atoms with E-state index in [4.69, 9.17) is 28.0 Å². The first-order valence-electron chi connectivity index (χ1n) is 13.0. The molecule has 0 spiro atoms. The second kappa shape index (κ2) is 15.7. The molecular formula is C26H39N2O11P. The highest BCUT2D eigenvalue weighted by atomic mass is 31.2. The number of rotatable bonds is 14. The Hall–Kier alpha value is -2.99. The molecule has 2 N–H and O–H groups in total. The molecule has 0 aliphatic carbocycles. The van der Waals surface area contributed by atoms with Crippen molar-refractivity contribution in [2.75, 3.05) is 19.8 Å². The summed E-state index contributed by atoms with van der Waals surface area (Å²) in [6.45, 7) is 8.57. The number of para-hydroxylation sites is 1. The van der Waals surface area contributed by atoms with Gasteiger partial charge in [0.2, 0.25) is 5.91 Å². The molecule has 0 saturated carbocycles. The van der Waals surface area contributed by atoms with Gasteiger partial charge in [-0.1, -0.05) is 32.0 Å². The maximum Gasteiger partial charge on any atom is 0.459 e. The number of esters is 3. The molecule has 1 aromatic carbocycles. The fourth-order valence-electron chi connectivity index (χ4n) is 4.05. The molecule has 1 aliphatic heterocycles. The highest BCUT2D eigenvalue weighted by Crippen LogP contribution is 2.46. The van der Waals surface area contributed by atoms with Crippen LogP contribution >= 0.6 is 7.75 Å². The minimum absolute atomic E-state index is 0.0253. The Morgan fingerprint density at radius 2 is 1.65 bits per heavy atom. The molecule has 4 unspecified atom stereocenters. The minimum atomic E-state index is -4.29. The third-order valence-corrected chi connectivity index (χ3v) is 7.11. The molecule has 40 heavy (non-hydrogen) atoms. The summed E-state index contributed by atoms with van der Waals surface area (Å²) < 4.78 is 47.3. The predicted molar refractivity (Wildman–Crippen MR) is 142 cm³/mol.